The number of hydrogen-bond donors (Lipinski definition) is 3. The molecule has 0 aliphatic carbocycles. The summed E-state index contributed by atoms with van der Waals surface area (Å²) in [6.45, 7) is 0.578. The number of anilines is 1. The number of nitrogens with zero attached hydrogens (tertiary/aromatic N) is 3. The standard InChI is InChI=1S/C19H19FN4O3/c20-13-3-1-12(2-4-13)9-19(18(26)27)10-24(8-6-15(19)25)17-14-5-7-21-16(14)22-11-23-17/h1-5,7,11,15,25H,6,8-10H2,(H,26,27)(H,21,22,23)/t15-,19-/m1/s1. The summed E-state index contributed by atoms with van der Waals surface area (Å²) in [6, 6.07) is 7.55. The number of carboxylic acid groups (broad SMARTS) is 1. The zero-order valence-corrected chi connectivity index (χ0v) is 14.5. The molecule has 4 rings (SSSR count). The summed E-state index contributed by atoms with van der Waals surface area (Å²) < 4.78 is 13.2. The van der Waals surface area contributed by atoms with Gasteiger partial charge in [0.05, 0.1) is 11.5 Å². The lowest BCUT2D eigenvalue weighted by Crippen LogP contribution is -2.57. The number of carboxylic acids is 1. The molecule has 3 heterocycles. The summed E-state index contributed by atoms with van der Waals surface area (Å²) in [5.41, 5.74) is -0.0799. The van der Waals surface area contributed by atoms with E-state index in [0.29, 0.717) is 30.0 Å². The van der Waals surface area contributed by atoms with Crippen LogP contribution in [-0.4, -0.2) is 50.3 Å². The number of aromatic amines is 1. The Balaban J connectivity index is 1.71. The van der Waals surface area contributed by atoms with Crippen molar-refractivity contribution in [3.05, 3.63) is 54.2 Å². The monoisotopic (exact) mass is 370 g/mol. The first-order valence-electron chi connectivity index (χ1n) is 8.68. The van der Waals surface area contributed by atoms with Crippen molar-refractivity contribution in [1.29, 1.82) is 0 Å². The maximum absolute atomic E-state index is 13.2. The van der Waals surface area contributed by atoms with Gasteiger partial charge in [0.25, 0.3) is 0 Å². The van der Waals surface area contributed by atoms with Crippen LogP contribution in [0.25, 0.3) is 11.0 Å². The number of benzene rings is 1. The molecule has 0 bridgehead atoms. The molecule has 1 fully saturated rings. The molecule has 0 unspecified atom stereocenters. The molecule has 2 atom stereocenters. The molecule has 0 amide bonds. The van der Waals surface area contributed by atoms with Crippen LogP contribution in [0.1, 0.15) is 12.0 Å². The van der Waals surface area contributed by atoms with Gasteiger partial charge in [-0.25, -0.2) is 14.4 Å². The largest absolute Gasteiger partial charge is 0.481 e. The van der Waals surface area contributed by atoms with E-state index in [9.17, 15) is 19.4 Å². The first-order chi connectivity index (χ1) is 13.0. The maximum atomic E-state index is 13.2. The summed E-state index contributed by atoms with van der Waals surface area (Å²) in [7, 11) is 0. The van der Waals surface area contributed by atoms with E-state index >= 15 is 0 Å². The summed E-state index contributed by atoms with van der Waals surface area (Å²) in [6.07, 6.45) is 2.57. The number of carbonyl (C=O) groups is 1. The topological polar surface area (TPSA) is 102 Å². The molecule has 1 aromatic carbocycles. The van der Waals surface area contributed by atoms with Crippen molar-refractivity contribution in [2.45, 2.75) is 18.9 Å². The van der Waals surface area contributed by atoms with Gasteiger partial charge in [-0.15, -0.1) is 0 Å². The van der Waals surface area contributed by atoms with Crippen molar-refractivity contribution in [2.75, 3.05) is 18.0 Å². The number of rotatable bonds is 4. The molecule has 140 valence electrons. The number of fused-ring (bicyclic) bond motifs is 1. The molecule has 1 saturated heterocycles. The fourth-order valence-electron chi connectivity index (χ4n) is 3.80. The number of halogens is 1. The Morgan fingerprint density at radius 1 is 1.30 bits per heavy atom. The molecular weight excluding hydrogens is 351 g/mol. The van der Waals surface area contributed by atoms with Gasteiger partial charge in [0.1, 0.15) is 29.0 Å². The van der Waals surface area contributed by atoms with Gasteiger partial charge < -0.3 is 20.1 Å². The van der Waals surface area contributed by atoms with E-state index in [1.54, 1.807) is 18.3 Å². The van der Waals surface area contributed by atoms with Crippen molar-refractivity contribution in [3.8, 4) is 0 Å². The van der Waals surface area contributed by atoms with Crippen LogP contribution in [0.5, 0.6) is 0 Å². The third kappa shape index (κ3) is 3.02. The molecule has 1 aliphatic heterocycles. The molecule has 0 radical (unpaired) electrons. The van der Waals surface area contributed by atoms with Gasteiger partial charge in [-0.3, -0.25) is 4.79 Å². The van der Waals surface area contributed by atoms with Gasteiger partial charge in [-0.1, -0.05) is 12.1 Å². The summed E-state index contributed by atoms with van der Waals surface area (Å²) in [5.74, 6) is -0.828. The van der Waals surface area contributed by atoms with E-state index in [0.717, 1.165) is 5.39 Å². The minimum absolute atomic E-state index is 0.0954. The number of piperidine rings is 1. The van der Waals surface area contributed by atoms with Crippen LogP contribution in [0.2, 0.25) is 0 Å². The number of aliphatic hydroxyl groups is 1. The third-order valence-electron chi connectivity index (χ3n) is 5.27. The molecule has 0 saturated carbocycles. The molecule has 27 heavy (non-hydrogen) atoms. The number of H-pyrrole nitrogens is 1. The van der Waals surface area contributed by atoms with E-state index < -0.39 is 17.5 Å². The zero-order chi connectivity index (χ0) is 19.0. The van der Waals surface area contributed by atoms with Gasteiger partial charge in [0.15, 0.2) is 0 Å². The Bertz CT molecular complexity index is 975. The smallest absolute Gasteiger partial charge is 0.314 e. The predicted molar refractivity (Wildman–Crippen MR) is 96.9 cm³/mol. The first kappa shape index (κ1) is 17.4. The minimum Gasteiger partial charge on any atom is -0.481 e. The van der Waals surface area contributed by atoms with Gasteiger partial charge in [-0.05, 0) is 36.6 Å². The van der Waals surface area contributed by atoms with Crippen LogP contribution >= 0.6 is 0 Å². The van der Waals surface area contributed by atoms with Crippen molar-refractivity contribution in [1.82, 2.24) is 15.0 Å². The fourth-order valence-corrected chi connectivity index (χ4v) is 3.80. The number of aromatic nitrogens is 3. The maximum Gasteiger partial charge on any atom is 0.314 e. The van der Waals surface area contributed by atoms with Gasteiger partial charge in [0, 0.05) is 19.3 Å². The molecular formula is C19H19FN4O3. The van der Waals surface area contributed by atoms with Crippen LogP contribution < -0.4 is 4.90 Å². The fraction of sp³-hybridized carbons (Fsp3) is 0.316. The van der Waals surface area contributed by atoms with E-state index in [1.165, 1.54) is 18.5 Å². The number of hydrogen-bond acceptors (Lipinski definition) is 5. The highest BCUT2D eigenvalue weighted by Crippen LogP contribution is 2.37. The summed E-state index contributed by atoms with van der Waals surface area (Å²) in [4.78, 5) is 25.7. The van der Waals surface area contributed by atoms with Crippen molar-refractivity contribution in [2.24, 2.45) is 5.41 Å². The third-order valence-corrected chi connectivity index (χ3v) is 5.27. The van der Waals surface area contributed by atoms with Gasteiger partial charge in [-0.2, -0.15) is 0 Å². The SMILES string of the molecule is O=C(O)[C@]1(Cc2ccc(F)cc2)CN(c2ncnc3[nH]ccc23)CC[C@H]1O. The Kier molecular flexibility index (Phi) is 4.27. The molecule has 3 aromatic rings. The van der Waals surface area contributed by atoms with Crippen molar-refractivity contribution in [3.63, 3.8) is 0 Å². The summed E-state index contributed by atoms with van der Waals surface area (Å²) >= 11 is 0. The highest BCUT2D eigenvalue weighted by Gasteiger charge is 2.49. The zero-order valence-electron chi connectivity index (χ0n) is 14.5. The van der Waals surface area contributed by atoms with E-state index in [1.807, 2.05) is 11.0 Å². The Labute approximate surface area is 154 Å². The lowest BCUT2D eigenvalue weighted by atomic mass is 9.73. The molecule has 8 heteroatoms. The van der Waals surface area contributed by atoms with Crippen LogP contribution in [0, 0.1) is 11.2 Å². The Morgan fingerprint density at radius 3 is 2.81 bits per heavy atom. The van der Waals surface area contributed by atoms with Crippen molar-refractivity contribution < 1.29 is 19.4 Å². The van der Waals surface area contributed by atoms with E-state index in [-0.39, 0.29) is 18.8 Å². The van der Waals surface area contributed by atoms with E-state index in [2.05, 4.69) is 15.0 Å². The van der Waals surface area contributed by atoms with Crippen molar-refractivity contribution >= 4 is 22.8 Å². The molecule has 2 aromatic heterocycles. The second kappa shape index (κ2) is 6.62. The average molecular weight is 370 g/mol. The number of nitrogens with one attached hydrogen (secondary N) is 1. The number of aliphatic carboxylic acids is 1. The predicted octanol–water partition coefficient (Wildman–Crippen LogP) is 1.98. The number of aliphatic hydroxyl groups excluding tert-OH is 1. The quantitative estimate of drug-likeness (QED) is 0.649. The first-order valence-corrected chi connectivity index (χ1v) is 8.68. The summed E-state index contributed by atoms with van der Waals surface area (Å²) in [5, 5.41) is 21.4. The van der Waals surface area contributed by atoms with E-state index in [4.69, 9.17) is 0 Å². The lowest BCUT2D eigenvalue weighted by molar-refractivity contribution is -0.157. The normalized spacial score (nSPS) is 22.9. The van der Waals surface area contributed by atoms with Gasteiger partial charge >= 0.3 is 5.97 Å². The molecule has 3 N–H and O–H groups in total. The second-order valence-corrected chi connectivity index (χ2v) is 6.93. The second-order valence-electron chi connectivity index (χ2n) is 6.93. The van der Waals surface area contributed by atoms with Crippen LogP contribution in [0.15, 0.2) is 42.9 Å². The minimum atomic E-state index is -1.41. The van der Waals surface area contributed by atoms with Crippen LogP contribution in [-0.2, 0) is 11.2 Å². The highest BCUT2D eigenvalue weighted by molar-refractivity contribution is 5.88. The lowest BCUT2D eigenvalue weighted by Gasteiger charge is -2.44. The molecule has 0 spiro atoms. The van der Waals surface area contributed by atoms with Crippen LogP contribution in [0.3, 0.4) is 0 Å². The average Bonchev–Trinajstić information content (AvgIpc) is 3.14. The van der Waals surface area contributed by atoms with Gasteiger partial charge in [0.2, 0.25) is 0 Å². The van der Waals surface area contributed by atoms with Crippen LogP contribution in [0.4, 0.5) is 10.2 Å². The Morgan fingerprint density at radius 2 is 2.07 bits per heavy atom. The Hall–Kier alpha value is -3.00. The molecule has 1 aliphatic rings. The highest BCUT2D eigenvalue weighted by atomic mass is 19.1. The molecule has 7 nitrogen and oxygen atoms in total.